The average molecular weight is 351 g/mol. The van der Waals surface area contributed by atoms with E-state index in [0.29, 0.717) is 23.3 Å². The van der Waals surface area contributed by atoms with Gasteiger partial charge in [0.25, 0.3) is 0 Å². The first-order valence-corrected chi connectivity index (χ1v) is 7.71. The lowest BCUT2D eigenvalue weighted by Gasteiger charge is -2.13. The van der Waals surface area contributed by atoms with Crippen LogP contribution < -0.4 is 16.3 Å². The Bertz CT molecular complexity index is 761. The highest BCUT2D eigenvalue weighted by molar-refractivity contribution is 5.99. The number of nitrogens with zero attached hydrogens (tertiary/aromatic N) is 1. The van der Waals surface area contributed by atoms with E-state index in [0.717, 1.165) is 17.7 Å². The van der Waals surface area contributed by atoms with Crippen molar-refractivity contribution in [2.45, 2.75) is 32.5 Å². The molecule has 4 nitrogen and oxygen atoms in total. The van der Waals surface area contributed by atoms with Crippen LogP contribution >= 0.6 is 0 Å². The maximum Gasteiger partial charge on any atom is 0.416 e. The lowest BCUT2D eigenvalue weighted by atomic mass is 9.99. The number of hydrazone groups is 1. The predicted molar refractivity (Wildman–Crippen MR) is 92.0 cm³/mol. The fourth-order valence-corrected chi connectivity index (χ4v) is 2.61. The normalized spacial score (nSPS) is 19.2. The number of alkyl halides is 3. The predicted octanol–water partition coefficient (Wildman–Crippen LogP) is 3.69. The Balaban J connectivity index is 2.30. The number of hydrogen-bond acceptors (Lipinski definition) is 3. The van der Waals surface area contributed by atoms with Crippen molar-refractivity contribution in [1.82, 2.24) is 0 Å². The lowest BCUT2D eigenvalue weighted by molar-refractivity contribution is -0.137. The summed E-state index contributed by atoms with van der Waals surface area (Å²) in [5.74, 6) is 5.85. The molecule has 1 unspecified atom stereocenters. The molecule has 0 saturated heterocycles. The van der Waals surface area contributed by atoms with Gasteiger partial charge in [-0.15, -0.1) is 0 Å². The second kappa shape index (κ2) is 7.46. The minimum atomic E-state index is -4.37. The van der Waals surface area contributed by atoms with Gasteiger partial charge in [0.05, 0.1) is 5.56 Å². The zero-order valence-corrected chi connectivity index (χ0v) is 14.0. The first-order valence-electron chi connectivity index (χ1n) is 7.71. The Labute approximate surface area is 144 Å². The first kappa shape index (κ1) is 18.6. The number of fused-ring (bicyclic) bond motifs is 1. The van der Waals surface area contributed by atoms with Gasteiger partial charge in [-0.3, -0.25) is 0 Å². The molecule has 1 aromatic rings. The summed E-state index contributed by atoms with van der Waals surface area (Å²) in [7, 11) is 0. The van der Waals surface area contributed by atoms with Crippen molar-refractivity contribution in [2.24, 2.45) is 16.7 Å². The van der Waals surface area contributed by atoms with Crippen molar-refractivity contribution in [3.8, 4) is 5.75 Å². The number of nitrogens with two attached hydrogens (primary N) is 2. The van der Waals surface area contributed by atoms with Gasteiger partial charge in [-0.25, -0.2) is 0 Å². The molecule has 0 bridgehead atoms. The van der Waals surface area contributed by atoms with E-state index in [2.05, 4.69) is 5.10 Å². The number of ether oxygens (including phenoxy) is 1. The highest BCUT2D eigenvalue weighted by Crippen LogP contribution is 2.37. The van der Waals surface area contributed by atoms with Gasteiger partial charge in [-0.2, -0.15) is 18.3 Å². The minimum absolute atomic E-state index is 0.160. The van der Waals surface area contributed by atoms with Crippen molar-refractivity contribution in [3.05, 3.63) is 64.8 Å². The van der Waals surface area contributed by atoms with Gasteiger partial charge in [0.1, 0.15) is 17.7 Å². The Hall–Kier alpha value is -2.70. The molecule has 7 heteroatoms. The van der Waals surface area contributed by atoms with Crippen LogP contribution in [0.3, 0.4) is 0 Å². The fraction of sp³-hybridized carbons (Fsp3) is 0.278. The van der Waals surface area contributed by atoms with E-state index >= 15 is 0 Å². The van der Waals surface area contributed by atoms with E-state index in [4.69, 9.17) is 16.3 Å². The Morgan fingerprint density at radius 3 is 2.60 bits per heavy atom. The monoisotopic (exact) mass is 351 g/mol. The van der Waals surface area contributed by atoms with E-state index < -0.39 is 17.8 Å². The van der Waals surface area contributed by atoms with Crippen molar-refractivity contribution in [3.63, 3.8) is 0 Å². The standard InChI is InChI=1S/C18H20F3N3O/c1-3-5-12(17(22)24-23)8-11(4-2)16-10-13-9-14(18(19,20)21)6-7-15(13)25-16/h3-9,16H,10,23H2,1-2H3,(H2,22,24)/b5-3-,11-4+,12-8+. The third kappa shape index (κ3) is 4.23. The molecule has 0 saturated carbocycles. The molecule has 1 aromatic carbocycles. The van der Waals surface area contributed by atoms with Crippen LogP contribution in [0.15, 0.2) is 58.8 Å². The molecule has 0 aliphatic carbocycles. The van der Waals surface area contributed by atoms with Crippen molar-refractivity contribution < 1.29 is 17.9 Å². The summed E-state index contributed by atoms with van der Waals surface area (Å²) >= 11 is 0. The summed E-state index contributed by atoms with van der Waals surface area (Å²) in [5, 5.41) is 3.48. The first-order chi connectivity index (χ1) is 11.8. The average Bonchev–Trinajstić information content (AvgIpc) is 2.99. The van der Waals surface area contributed by atoms with E-state index in [-0.39, 0.29) is 5.84 Å². The van der Waals surface area contributed by atoms with Crippen molar-refractivity contribution >= 4 is 5.84 Å². The molecule has 134 valence electrons. The number of amidine groups is 1. The number of hydrogen-bond donors (Lipinski definition) is 2. The Morgan fingerprint density at radius 2 is 2.04 bits per heavy atom. The Kier molecular flexibility index (Phi) is 5.56. The molecule has 0 spiro atoms. The third-order valence-electron chi connectivity index (χ3n) is 3.87. The molecule has 1 heterocycles. The summed E-state index contributed by atoms with van der Waals surface area (Å²) < 4.78 is 44.4. The molecule has 0 radical (unpaired) electrons. The van der Waals surface area contributed by atoms with Gasteiger partial charge >= 0.3 is 6.18 Å². The fourth-order valence-electron chi connectivity index (χ4n) is 2.61. The van der Waals surface area contributed by atoms with Crippen LogP contribution in [-0.2, 0) is 12.6 Å². The number of allylic oxidation sites excluding steroid dienone is 2. The van der Waals surface area contributed by atoms with Crippen LogP contribution in [0.4, 0.5) is 13.2 Å². The molecular weight excluding hydrogens is 331 g/mol. The van der Waals surface area contributed by atoms with Gasteiger partial charge in [-0.1, -0.05) is 18.2 Å². The Morgan fingerprint density at radius 1 is 1.32 bits per heavy atom. The smallest absolute Gasteiger partial charge is 0.416 e. The zero-order chi connectivity index (χ0) is 18.6. The van der Waals surface area contributed by atoms with E-state index in [9.17, 15) is 13.2 Å². The third-order valence-corrected chi connectivity index (χ3v) is 3.87. The van der Waals surface area contributed by atoms with E-state index in [1.54, 1.807) is 18.2 Å². The van der Waals surface area contributed by atoms with Gasteiger partial charge in [0.2, 0.25) is 0 Å². The van der Waals surface area contributed by atoms with E-state index in [1.807, 2.05) is 19.9 Å². The van der Waals surface area contributed by atoms with Crippen LogP contribution in [0.5, 0.6) is 5.75 Å². The summed E-state index contributed by atoms with van der Waals surface area (Å²) in [6, 6.07) is 3.52. The largest absolute Gasteiger partial charge is 0.485 e. The second-order valence-electron chi connectivity index (χ2n) is 5.53. The molecule has 4 N–H and O–H groups in total. The highest BCUT2D eigenvalue weighted by atomic mass is 19.4. The van der Waals surface area contributed by atoms with Crippen LogP contribution in [-0.4, -0.2) is 11.9 Å². The molecule has 1 atom stereocenters. The van der Waals surface area contributed by atoms with Gasteiger partial charge < -0.3 is 16.3 Å². The van der Waals surface area contributed by atoms with Crippen LogP contribution in [0, 0.1) is 0 Å². The zero-order valence-electron chi connectivity index (χ0n) is 14.0. The summed E-state index contributed by atoms with van der Waals surface area (Å²) in [4.78, 5) is 0. The number of rotatable bonds is 4. The second-order valence-corrected chi connectivity index (χ2v) is 5.53. The van der Waals surface area contributed by atoms with Gasteiger partial charge in [0, 0.05) is 12.0 Å². The molecule has 25 heavy (non-hydrogen) atoms. The summed E-state index contributed by atoms with van der Waals surface area (Å²) in [5.41, 5.74) is 7.01. The molecule has 0 fully saturated rings. The van der Waals surface area contributed by atoms with Crippen LogP contribution in [0.25, 0.3) is 0 Å². The quantitative estimate of drug-likeness (QED) is 0.286. The summed E-state index contributed by atoms with van der Waals surface area (Å²) in [6.45, 7) is 3.65. The number of benzene rings is 1. The molecule has 2 rings (SSSR count). The van der Waals surface area contributed by atoms with Crippen molar-refractivity contribution in [1.29, 1.82) is 0 Å². The van der Waals surface area contributed by atoms with Gasteiger partial charge in [-0.05, 0) is 49.3 Å². The molecule has 0 aromatic heterocycles. The number of halogens is 3. The van der Waals surface area contributed by atoms with Crippen LogP contribution in [0.1, 0.15) is 25.0 Å². The lowest BCUT2D eigenvalue weighted by Crippen LogP contribution is -2.19. The SMILES string of the molecule is C\C=C/C(=C\C(=C/C)C1Cc2cc(C(F)(F)F)ccc2O1)C(/N)=N/N. The molecule has 1 aliphatic heterocycles. The minimum Gasteiger partial charge on any atom is -0.485 e. The maximum atomic E-state index is 12.9. The summed E-state index contributed by atoms with van der Waals surface area (Å²) in [6.07, 6.45) is 2.71. The van der Waals surface area contributed by atoms with E-state index in [1.165, 1.54) is 6.07 Å². The molecule has 1 aliphatic rings. The van der Waals surface area contributed by atoms with Crippen LogP contribution in [0.2, 0.25) is 0 Å². The highest BCUT2D eigenvalue weighted by Gasteiger charge is 2.33. The van der Waals surface area contributed by atoms with Crippen molar-refractivity contribution in [2.75, 3.05) is 0 Å². The topological polar surface area (TPSA) is 73.6 Å². The maximum absolute atomic E-state index is 12.9. The molecular formula is C18H20F3N3O. The molecule has 0 amide bonds. The van der Waals surface area contributed by atoms with Gasteiger partial charge in [0.15, 0.2) is 0 Å².